The van der Waals surface area contributed by atoms with Gasteiger partial charge in [0.25, 0.3) is 0 Å². The van der Waals surface area contributed by atoms with E-state index in [9.17, 15) is 9.59 Å². The second-order valence-corrected chi connectivity index (χ2v) is 9.26. The summed E-state index contributed by atoms with van der Waals surface area (Å²) >= 11 is 0. The van der Waals surface area contributed by atoms with Crippen LogP contribution in [0.25, 0.3) is 0 Å². The van der Waals surface area contributed by atoms with Crippen molar-refractivity contribution in [2.24, 2.45) is 22.2 Å². The Bertz CT molecular complexity index is 1190. The van der Waals surface area contributed by atoms with Gasteiger partial charge < -0.3 is 22.5 Å². The molecule has 0 unspecified atom stereocenters. The van der Waals surface area contributed by atoms with Crippen molar-refractivity contribution in [1.82, 2.24) is 5.32 Å². The molecule has 3 aromatic carbocycles. The van der Waals surface area contributed by atoms with Crippen molar-refractivity contribution in [2.75, 3.05) is 6.54 Å². The minimum Gasteiger partial charge on any atom is -0.370 e. The topological polar surface area (TPSA) is 137 Å². The summed E-state index contributed by atoms with van der Waals surface area (Å²) in [7, 11) is 0. The van der Waals surface area contributed by atoms with E-state index in [1.807, 2.05) is 78.9 Å². The molecule has 7 heteroatoms. The van der Waals surface area contributed by atoms with E-state index in [1.165, 1.54) is 5.56 Å². The summed E-state index contributed by atoms with van der Waals surface area (Å²) in [5.74, 6) is -1.56. The van der Waals surface area contributed by atoms with Crippen molar-refractivity contribution in [3.05, 3.63) is 107 Å². The van der Waals surface area contributed by atoms with Gasteiger partial charge in [-0.05, 0) is 47.9 Å². The Morgan fingerprint density at radius 3 is 2.11 bits per heavy atom. The van der Waals surface area contributed by atoms with Crippen molar-refractivity contribution in [3.8, 4) is 0 Å². The number of carbonyl (C=O) groups is 2. The third-order valence-corrected chi connectivity index (χ3v) is 6.83. The number of nitrogens with zero attached hydrogens (tertiary/aromatic N) is 1. The average Bonchev–Trinajstić information content (AvgIpc) is 3.30. The fraction of sp³-hybridized carbons (Fsp3) is 0.276. The predicted molar refractivity (Wildman–Crippen MR) is 142 cm³/mol. The predicted octanol–water partition coefficient (Wildman–Crippen LogP) is 2.94. The average molecular weight is 484 g/mol. The number of aliphatic imine (C=N–C) groups is 1. The fourth-order valence-corrected chi connectivity index (χ4v) is 4.95. The molecule has 36 heavy (non-hydrogen) atoms. The molecular weight excluding hydrogens is 450 g/mol. The normalized spacial score (nSPS) is 16.1. The molecular formula is C29H33N5O2. The lowest BCUT2D eigenvalue weighted by atomic mass is 9.76. The van der Waals surface area contributed by atoms with Crippen LogP contribution in [0.4, 0.5) is 0 Å². The minimum atomic E-state index is -1.77. The molecule has 0 bridgehead atoms. The third-order valence-electron chi connectivity index (χ3n) is 6.83. The number of benzene rings is 3. The zero-order valence-corrected chi connectivity index (χ0v) is 20.3. The Balaban J connectivity index is 1.68. The summed E-state index contributed by atoms with van der Waals surface area (Å²) in [5, 5.41) is 3.09. The van der Waals surface area contributed by atoms with Crippen molar-refractivity contribution in [3.63, 3.8) is 0 Å². The Hall–Kier alpha value is -3.97. The van der Waals surface area contributed by atoms with Crippen LogP contribution in [-0.2, 0) is 16.0 Å². The van der Waals surface area contributed by atoms with E-state index in [2.05, 4.69) is 16.4 Å². The van der Waals surface area contributed by atoms with Gasteiger partial charge in [-0.1, -0.05) is 84.9 Å². The number of ketones is 1. The van der Waals surface area contributed by atoms with Gasteiger partial charge in [-0.3, -0.25) is 14.6 Å². The summed E-state index contributed by atoms with van der Waals surface area (Å²) in [6, 6.07) is 26.7. The molecule has 1 aliphatic rings. The van der Waals surface area contributed by atoms with E-state index in [4.69, 9.17) is 17.2 Å². The molecule has 7 nitrogen and oxygen atoms in total. The van der Waals surface area contributed by atoms with Crippen molar-refractivity contribution >= 4 is 17.6 Å². The summed E-state index contributed by atoms with van der Waals surface area (Å²) in [5.41, 5.74) is 19.8. The Kier molecular flexibility index (Phi) is 7.80. The summed E-state index contributed by atoms with van der Waals surface area (Å²) in [6.07, 6.45) is 2.13. The monoisotopic (exact) mass is 483 g/mol. The number of amides is 1. The minimum absolute atomic E-state index is 0.0394. The quantitative estimate of drug-likeness (QED) is 0.152. The number of hydrogen-bond acceptors (Lipinski definition) is 4. The maximum atomic E-state index is 14.3. The van der Waals surface area contributed by atoms with Crippen LogP contribution in [-0.4, -0.2) is 29.7 Å². The number of nitrogens with two attached hydrogens (primary N) is 3. The van der Waals surface area contributed by atoms with E-state index >= 15 is 0 Å². The standard InChI is InChI=1S/C29H33N5O2/c30-28(31)33-19-9-18-29(32,27(36)34-24-17-16-20-10-7-8-15-23(20)24)26(35)25(21-11-3-1-4-12-21)22-13-5-2-6-14-22/h1-8,10-15,24-25H,9,16-19,32H2,(H,34,36)(H4,30,31,33)/t24-,29+/m0/s1. The second-order valence-electron chi connectivity index (χ2n) is 9.26. The van der Waals surface area contributed by atoms with Gasteiger partial charge in [-0.25, -0.2) is 0 Å². The highest BCUT2D eigenvalue weighted by molar-refractivity contribution is 6.14. The van der Waals surface area contributed by atoms with Crippen LogP contribution in [0, 0.1) is 0 Å². The van der Waals surface area contributed by atoms with Gasteiger partial charge in [0.15, 0.2) is 17.3 Å². The number of rotatable bonds is 10. The molecule has 1 aliphatic carbocycles. The number of Topliss-reactive ketones (excluding diaryl/α,β-unsaturated/α-hetero) is 1. The Labute approximate surface area is 211 Å². The lowest BCUT2D eigenvalue weighted by molar-refractivity contribution is -0.137. The Morgan fingerprint density at radius 1 is 0.917 bits per heavy atom. The first-order valence-corrected chi connectivity index (χ1v) is 12.3. The number of hydrogen-bond donors (Lipinski definition) is 4. The van der Waals surface area contributed by atoms with Crippen LogP contribution < -0.4 is 22.5 Å². The van der Waals surface area contributed by atoms with Crippen LogP contribution >= 0.6 is 0 Å². The molecule has 0 fully saturated rings. The molecule has 0 aromatic heterocycles. The maximum Gasteiger partial charge on any atom is 0.248 e. The molecule has 2 atom stereocenters. The van der Waals surface area contributed by atoms with Crippen molar-refractivity contribution < 1.29 is 9.59 Å². The van der Waals surface area contributed by atoms with Gasteiger partial charge in [-0.2, -0.15) is 0 Å². The van der Waals surface area contributed by atoms with E-state index in [1.54, 1.807) is 0 Å². The first kappa shape index (κ1) is 25.1. The fourth-order valence-electron chi connectivity index (χ4n) is 4.95. The molecule has 0 heterocycles. The molecule has 0 spiro atoms. The van der Waals surface area contributed by atoms with Crippen LogP contribution in [0.5, 0.6) is 0 Å². The molecule has 7 N–H and O–H groups in total. The number of nitrogens with one attached hydrogen (secondary N) is 1. The number of fused-ring (bicyclic) bond motifs is 1. The number of aryl methyl sites for hydroxylation is 1. The molecule has 4 rings (SSSR count). The van der Waals surface area contributed by atoms with Gasteiger partial charge in [0.05, 0.1) is 12.0 Å². The molecule has 0 saturated carbocycles. The van der Waals surface area contributed by atoms with Gasteiger partial charge in [-0.15, -0.1) is 0 Å². The van der Waals surface area contributed by atoms with Crippen LogP contribution in [0.15, 0.2) is 89.9 Å². The van der Waals surface area contributed by atoms with E-state index in [0.717, 1.165) is 29.5 Å². The molecule has 0 radical (unpaired) electrons. The number of guanidine groups is 1. The largest absolute Gasteiger partial charge is 0.370 e. The molecule has 0 aliphatic heterocycles. The SMILES string of the molecule is NC(N)=NCCC[C@](N)(C(=O)N[C@H]1CCc2ccccc21)C(=O)C(c1ccccc1)c1ccccc1. The highest BCUT2D eigenvalue weighted by Gasteiger charge is 2.46. The first-order valence-electron chi connectivity index (χ1n) is 12.3. The summed E-state index contributed by atoms with van der Waals surface area (Å²) < 4.78 is 0. The van der Waals surface area contributed by atoms with Gasteiger partial charge in [0.1, 0.15) is 0 Å². The molecule has 0 saturated heterocycles. The summed E-state index contributed by atoms with van der Waals surface area (Å²) in [4.78, 5) is 32.1. The summed E-state index contributed by atoms with van der Waals surface area (Å²) in [6.45, 7) is 0.273. The highest BCUT2D eigenvalue weighted by Crippen LogP contribution is 2.34. The highest BCUT2D eigenvalue weighted by atomic mass is 16.2. The van der Waals surface area contributed by atoms with E-state index < -0.39 is 17.4 Å². The van der Waals surface area contributed by atoms with Crippen molar-refractivity contribution in [2.45, 2.75) is 43.2 Å². The first-order chi connectivity index (χ1) is 17.4. The second kappa shape index (κ2) is 11.2. The maximum absolute atomic E-state index is 14.3. The lowest BCUT2D eigenvalue weighted by Gasteiger charge is -2.32. The van der Waals surface area contributed by atoms with Crippen molar-refractivity contribution in [1.29, 1.82) is 0 Å². The van der Waals surface area contributed by atoms with Gasteiger partial charge in [0, 0.05) is 6.54 Å². The van der Waals surface area contributed by atoms with Gasteiger partial charge >= 0.3 is 0 Å². The van der Waals surface area contributed by atoms with Crippen LogP contribution in [0.1, 0.15) is 53.5 Å². The number of carbonyl (C=O) groups excluding carboxylic acids is 2. The van der Waals surface area contributed by atoms with E-state index in [0.29, 0.717) is 6.42 Å². The zero-order valence-electron chi connectivity index (χ0n) is 20.3. The third kappa shape index (κ3) is 5.47. The van der Waals surface area contributed by atoms with E-state index in [-0.39, 0.29) is 30.8 Å². The van der Waals surface area contributed by atoms with Gasteiger partial charge in [0.2, 0.25) is 5.91 Å². The lowest BCUT2D eigenvalue weighted by Crippen LogP contribution is -2.61. The Morgan fingerprint density at radius 2 is 1.50 bits per heavy atom. The molecule has 3 aromatic rings. The molecule has 186 valence electrons. The zero-order chi connectivity index (χ0) is 25.5. The molecule has 1 amide bonds. The smallest absolute Gasteiger partial charge is 0.248 e. The van der Waals surface area contributed by atoms with Crippen LogP contribution in [0.3, 0.4) is 0 Å². The van der Waals surface area contributed by atoms with Crippen LogP contribution in [0.2, 0.25) is 0 Å².